The number of hydrogen-bond donors (Lipinski definition) is 2. The van der Waals surface area contributed by atoms with E-state index in [9.17, 15) is 19.2 Å². The number of nitrogens with one attached hydrogen (secondary N) is 2. The van der Waals surface area contributed by atoms with Crippen LogP contribution in [0, 0.1) is 0 Å². The van der Waals surface area contributed by atoms with Crippen molar-refractivity contribution in [2.24, 2.45) is 0 Å². The number of aromatic amines is 2. The lowest BCUT2D eigenvalue weighted by atomic mass is 10.4. The van der Waals surface area contributed by atoms with E-state index in [-0.39, 0.29) is 11.4 Å². The number of carbonyl (C=O) groups excluding carboxylic acids is 4. The Morgan fingerprint density at radius 1 is 0.846 bits per heavy atom. The molecule has 0 saturated carbocycles. The molecule has 0 aliphatic carbocycles. The van der Waals surface area contributed by atoms with Crippen molar-refractivity contribution in [1.82, 2.24) is 9.97 Å². The van der Waals surface area contributed by atoms with E-state index in [4.69, 9.17) is 9.47 Å². The largest absolute Gasteiger partial charge is 0.464 e. The number of rotatable bonds is 6. The summed E-state index contributed by atoms with van der Waals surface area (Å²) in [6, 6.07) is 5.99. The number of aromatic nitrogens is 2. The summed E-state index contributed by atoms with van der Waals surface area (Å²) in [7, 11) is 1.27. The second-order valence-electron chi connectivity index (χ2n) is 4.66. The van der Waals surface area contributed by atoms with Crippen LogP contribution < -0.4 is 0 Å². The van der Waals surface area contributed by atoms with Crippen LogP contribution in [0.25, 0.3) is 0 Å². The van der Waals surface area contributed by atoms with E-state index < -0.39 is 17.9 Å². The molecule has 0 atom stereocenters. The van der Waals surface area contributed by atoms with E-state index in [0.717, 1.165) is 0 Å². The molecule has 9 nitrogen and oxygen atoms in total. The zero-order valence-corrected chi connectivity index (χ0v) is 14.7. The molecule has 0 aliphatic heterocycles. The lowest BCUT2D eigenvalue weighted by Crippen LogP contribution is -2.07. The van der Waals surface area contributed by atoms with Crippen LogP contribution in [0.3, 0.4) is 0 Å². The summed E-state index contributed by atoms with van der Waals surface area (Å²) in [5.41, 5.74) is 1.15. The topological polar surface area (TPSA) is 128 Å². The van der Waals surface area contributed by atoms with Gasteiger partial charge in [-0.05, 0) is 38.1 Å². The van der Waals surface area contributed by atoms with Gasteiger partial charge in [0.1, 0.15) is 17.1 Å². The van der Waals surface area contributed by atoms with Crippen molar-refractivity contribution < 1.29 is 33.4 Å². The molecule has 26 heavy (non-hydrogen) atoms. The first-order chi connectivity index (χ1) is 12.5. The lowest BCUT2D eigenvalue weighted by molar-refractivity contribution is 0.0509. The lowest BCUT2D eigenvalue weighted by Gasteiger charge is -1.98. The number of methoxy groups -OCH3 is 1. The summed E-state index contributed by atoms with van der Waals surface area (Å²) in [5, 5.41) is 0. The van der Waals surface area contributed by atoms with Crippen LogP contribution in [0.15, 0.2) is 24.3 Å². The van der Waals surface area contributed by atoms with E-state index in [2.05, 4.69) is 14.7 Å². The van der Waals surface area contributed by atoms with E-state index in [0.29, 0.717) is 30.9 Å². The summed E-state index contributed by atoms with van der Waals surface area (Å²) >= 11 is 0. The number of esters is 3. The first-order valence-corrected chi connectivity index (χ1v) is 7.72. The van der Waals surface area contributed by atoms with Crippen molar-refractivity contribution in [1.29, 1.82) is 0 Å². The van der Waals surface area contributed by atoms with Gasteiger partial charge in [0.2, 0.25) is 0 Å². The summed E-state index contributed by atoms with van der Waals surface area (Å²) in [4.78, 5) is 48.6. The minimum absolute atomic E-state index is 0.232. The van der Waals surface area contributed by atoms with Crippen LogP contribution >= 0.6 is 0 Å². The maximum absolute atomic E-state index is 11.2. The van der Waals surface area contributed by atoms with Gasteiger partial charge in [0.05, 0.1) is 26.0 Å². The molecule has 0 radical (unpaired) electrons. The summed E-state index contributed by atoms with van der Waals surface area (Å²) in [6.07, 6.45) is 0.642. The Kier molecular flexibility index (Phi) is 8.35. The molecular weight excluding hydrogens is 344 g/mol. The Hall–Kier alpha value is -3.36. The number of aldehydes is 1. The third-order valence-electron chi connectivity index (χ3n) is 2.92. The predicted molar refractivity (Wildman–Crippen MR) is 90.2 cm³/mol. The highest BCUT2D eigenvalue weighted by molar-refractivity contribution is 5.92. The van der Waals surface area contributed by atoms with Crippen molar-refractivity contribution in [3.8, 4) is 0 Å². The molecule has 0 aliphatic rings. The molecule has 2 heterocycles. The highest BCUT2D eigenvalue weighted by Crippen LogP contribution is 2.05. The smallest absolute Gasteiger partial charge is 0.354 e. The highest BCUT2D eigenvalue weighted by atomic mass is 16.5. The zero-order chi connectivity index (χ0) is 19.5. The van der Waals surface area contributed by atoms with Gasteiger partial charge in [-0.2, -0.15) is 0 Å². The van der Waals surface area contributed by atoms with Crippen molar-refractivity contribution >= 4 is 24.2 Å². The number of hydrogen-bond acceptors (Lipinski definition) is 7. The molecule has 2 aromatic heterocycles. The molecule has 2 N–H and O–H groups in total. The fourth-order valence-electron chi connectivity index (χ4n) is 1.76. The van der Waals surface area contributed by atoms with Crippen molar-refractivity contribution in [2.45, 2.75) is 13.8 Å². The molecule has 0 amide bonds. The van der Waals surface area contributed by atoms with Gasteiger partial charge in [0.15, 0.2) is 6.29 Å². The Morgan fingerprint density at radius 3 is 1.73 bits per heavy atom. The van der Waals surface area contributed by atoms with Gasteiger partial charge in [-0.3, -0.25) is 4.79 Å². The Balaban J connectivity index is 0.000000263. The maximum Gasteiger partial charge on any atom is 0.354 e. The molecule has 0 spiro atoms. The quantitative estimate of drug-likeness (QED) is 0.456. The number of carbonyl (C=O) groups is 4. The second-order valence-corrected chi connectivity index (χ2v) is 4.66. The van der Waals surface area contributed by atoms with Crippen molar-refractivity contribution in [3.05, 3.63) is 47.0 Å². The van der Waals surface area contributed by atoms with Gasteiger partial charge in [-0.25, -0.2) is 14.4 Å². The Morgan fingerprint density at radius 2 is 1.31 bits per heavy atom. The summed E-state index contributed by atoms with van der Waals surface area (Å²) in [6.45, 7) is 4.06. The first kappa shape index (κ1) is 20.7. The van der Waals surface area contributed by atoms with Gasteiger partial charge < -0.3 is 24.2 Å². The average molecular weight is 364 g/mol. The number of ether oxygens (including phenoxy) is 3. The van der Waals surface area contributed by atoms with Crippen molar-refractivity contribution in [2.75, 3.05) is 20.3 Å². The van der Waals surface area contributed by atoms with Crippen LogP contribution in [0.2, 0.25) is 0 Å². The Labute approximate surface area is 149 Å². The molecule has 0 bridgehead atoms. The van der Waals surface area contributed by atoms with Crippen molar-refractivity contribution in [3.63, 3.8) is 0 Å². The molecule has 0 aromatic carbocycles. The molecular formula is C17H20N2O7. The fourth-order valence-corrected chi connectivity index (χ4v) is 1.76. The molecule has 0 unspecified atom stereocenters. The van der Waals surface area contributed by atoms with Gasteiger partial charge in [-0.15, -0.1) is 0 Å². The molecule has 140 valence electrons. The van der Waals surface area contributed by atoms with Crippen LogP contribution in [0.5, 0.6) is 0 Å². The van der Waals surface area contributed by atoms with Gasteiger partial charge in [0.25, 0.3) is 0 Å². The highest BCUT2D eigenvalue weighted by Gasteiger charge is 2.13. The van der Waals surface area contributed by atoms with Crippen LogP contribution in [-0.4, -0.2) is 54.5 Å². The van der Waals surface area contributed by atoms with Gasteiger partial charge >= 0.3 is 17.9 Å². The minimum atomic E-state index is -0.513. The van der Waals surface area contributed by atoms with E-state index in [1.165, 1.54) is 31.4 Å². The normalized spacial score (nSPS) is 9.50. The molecule has 0 fully saturated rings. The van der Waals surface area contributed by atoms with E-state index in [1.807, 2.05) is 0 Å². The third kappa shape index (κ3) is 5.93. The second kappa shape index (κ2) is 10.5. The minimum Gasteiger partial charge on any atom is -0.464 e. The van der Waals surface area contributed by atoms with Crippen LogP contribution in [0.1, 0.15) is 55.8 Å². The average Bonchev–Trinajstić information content (AvgIpc) is 3.31. The summed E-state index contributed by atoms with van der Waals surface area (Å²) < 4.78 is 13.9. The zero-order valence-electron chi connectivity index (χ0n) is 14.7. The third-order valence-corrected chi connectivity index (χ3v) is 2.92. The SMILES string of the molecule is CCOC(=O)c1ccc(C(=O)OC)[nH]1.CCOC(=O)c1ccc(C=O)[nH]1. The standard InChI is InChI=1S/C9H11NO4.C8H9NO3/c1-3-14-9(12)7-5-4-6(10-7)8(11)13-2;1-2-12-8(11)7-4-3-6(5-10)9-7/h4-5,10H,3H2,1-2H3;3-5,9H,2H2,1H3. The molecule has 0 saturated heterocycles. The monoisotopic (exact) mass is 364 g/mol. The molecule has 9 heteroatoms. The molecule has 2 rings (SSSR count). The van der Waals surface area contributed by atoms with E-state index >= 15 is 0 Å². The maximum atomic E-state index is 11.2. The van der Waals surface area contributed by atoms with Gasteiger partial charge in [0, 0.05) is 0 Å². The molecule has 2 aromatic rings. The number of H-pyrrole nitrogens is 2. The van der Waals surface area contributed by atoms with E-state index in [1.54, 1.807) is 13.8 Å². The van der Waals surface area contributed by atoms with Gasteiger partial charge in [-0.1, -0.05) is 0 Å². The van der Waals surface area contributed by atoms with Crippen LogP contribution in [0.4, 0.5) is 0 Å². The van der Waals surface area contributed by atoms with Crippen LogP contribution in [-0.2, 0) is 14.2 Å². The predicted octanol–water partition coefficient (Wildman–Crippen LogP) is 1.98. The fraction of sp³-hybridized carbons (Fsp3) is 0.294. The first-order valence-electron chi connectivity index (χ1n) is 7.72. The Bertz CT molecular complexity index is 761. The summed E-state index contributed by atoms with van der Waals surface area (Å²) in [5.74, 6) is -1.44.